The lowest BCUT2D eigenvalue weighted by Crippen LogP contribution is -2.02. The van der Waals surface area contributed by atoms with E-state index in [1.165, 1.54) is 0 Å². The van der Waals surface area contributed by atoms with Crippen molar-refractivity contribution in [1.82, 2.24) is 40.0 Å². The third-order valence-electron chi connectivity index (χ3n) is 3.37. The molecule has 0 amide bonds. The van der Waals surface area contributed by atoms with E-state index >= 15 is 0 Å². The highest BCUT2D eigenvalue weighted by Gasteiger charge is 2.12. The zero-order valence-corrected chi connectivity index (χ0v) is 13.1. The molecule has 0 saturated heterocycles. The van der Waals surface area contributed by atoms with Gasteiger partial charge in [0.2, 0.25) is 0 Å². The van der Waals surface area contributed by atoms with E-state index in [9.17, 15) is 0 Å². The first kappa shape index (κ1) is 13.8. The maximum absolute atomic E-state index is 4.34. The third-order valence-corrected chi connectivity index (χ3v) is 4.37. The molecule has 0 N–H and O–H groups in total. The van der Waals surface area contributed by atoms with Crippen molar-refractivity contribution < 1.29 is 0 Å². The number of fused-ring (bicyclic) bond motifs is 1. The summed E-state index contributed by atoms with van der Waals surface area (Å²) >= 11 is 1.56. The Balaban J connectivity index is 1.61. The fraction of sp³-hybridized carbons (Fsp3) is 0.143. The van der Waals surface area contributed by atoms with Crippen molar-refractivity contribution in [2.75, 3.05) is 0 Å². The zero-order valence-electron chi connectivity index (χ0n) is 12.2. The number of thioether (sulfide) groups is 1. The molecular weight excluding hydrogens is 312 g/mol. The number of nitrogens with zero attached hydrogens (tertiary/aromatic N) is 8. The van der Waals surface area contributed by atoms with E-state index < -0.39 is 0 Å². The number of para-hydroxylation sites is 1. The second-order valence-corrected chi connectivity index (χ2v) is 5.78. The first-order valence-electron chi connectivity index (χ1n) is 6.91. The minimum absolute atomic E-state index is 0.600. The summed E-state index contributed by atoms with van der Waals surface area (Å²) in [7, 11) is 1.86. The molecule has 4 rings (SSSR count). The minimum atomic E-state index is 0.600. The summed E-state index contributed by atoms with van der Waals surface area (Å²) in [6.45, 7) is 0. The second kappa shape index (κ2) is 5.76. The highest BCUT2D eigenvalue weighted by atomic mass is 32.2. The van der Waals surface area contributed by atoms with Gasteiger partial charge < -0.3 is 0 Å². The van der Waals surface area contributed by atoms with Crippen LogP contribution in [0.3, 0.4) is 0 Å². The molecule has 3 aromatic heterocycles. The minimum Gasteiger partial charge on any atom is -0.250 e. The van der Waals surface area contributed by atoms with E-state index in [1.807, 2.05) is 37.4 Å². The molecule has 0 fully saturated rings. The smallest absolute Gasteiger partial charge is 0.166 e. The van der Waals surface area contributed by atoms with Crippen LogP contribution < -0.4 is 0 Å². The van der Waals surface area contributed by atoms with E-state index in [0.717, 1.165) is 27.6 Å². The van der Waals surface area contributed by atoms with Crippen LogP contribution in [0.5, 0.6) is 0 Å². The molecule has 8 nitrogen and oxygen atoms in total. The maximum Gasteiger partial charge on any atom is 0.166 e. The number of rotatable bonds is 4. The topological polar surface area (TPSA) is 87.2 Å². The van der Waals surface area contributed by atoms with Gasteiger partial charge >= 0.3 is 0 Å². The molecule has 9 heteroatoms. The molecule has 3 heterocycles. The number of benzene rings is 1. The van der Waals surface area contributed by atoms with Gasteiger partial charge in [0.15, 0.2) is 11.5 Å². The Morgan fingerprint density at radius 3 is 2.87 bits per heavy atom. The standard InChI is InChI=1S/C14H12N8S/c1-21-13-11(7-17-21)14(16-9-15-13)23-8-12-18-19-20-22(12)10-5-3-2-4-6-10/h2-7,9H,8H2,1H3. The predicted molar refractivity (Wildman–Crippen MR) is 85.0 cm³/mol. The lowest BCUT2D eigenvalue weighted by atomic mass is 10.3. The van der Waals surface area contributed by atoms with Crippen molar-refractivity contribution in [2.45, 2.75) is 10.8 Å². The van der Waals surface area contributed by atoms with Crippen LogP contribution in [0.4, 0.5) is 0 Å². The number of tetrazole rings is 1. The molecule has 23 heavy (non-hydrogen) atoms. The molecule has 0 saturated carbocycles. The van der Waals surface area contributed by atoms with Gasteiger partial charge in [-0.1, -0.05) is 30.0 Å². The molecule has 1 aromatic carbocycles. The third kappa shape index (κ3) is 2.55. The van der Waals surface area contributed by atoms with Crippen LogP contribution in [0.1, 0.15) is 5.82 Å². The van der Waals surface area contributed by atoms with E-state index in [4.69, 9.17) is 0 Å². The van der Waals surface area contributed by atoms with Crippen LogP contribution in [0, 0.1) is 0 Å². The molecular formula is C14H12N8S. The highest BCUT2D eigenvalue weighted by molar-refractivity contribution is 7.98. The van der Waals surface area contributed by atoms with Crippen molar-refractivity contribution in [1.29, 1.82) is 0 Å². The van der Waals surface area contributed by atoms with Gasteiger partial charge in [0.25, 0.3) is 0 Å². The first-order chi connectivity index (χ1) is 11.3. The fourth-order valence-corrected chi connectivity index (χ4v) is 3.12. The normalized spacial score (nSPS) is 11.2. The summed E-state index contributed by atoms with van der Waals surface area (Å²) in [6.07, 6.45) is 3.32. The van der Waals surface area contributed by atoms with Gasteiger partial charge in [0.1, 0.15) is 11.4 Å². The Bertz CT molecular complexity index is 946. The van der Waals surface area contributed by atoms with Crippen molar-refractivity contribution >= 4 is 22.8 Å². The van der Waals surface area contributed by atoms with Gasteiger partial charge in [0, 0.05) is 7.05 Å². The summed E-state index contributed by atoms with van der Waals surface area (Å²) in [5.74, 6) is 1.36. The Kier molecular flexibility index (Phi) is 3.46. The summed E-state index contributed by atoms with van der Waals surface area (Å²) in [5, 5.41) is 18.0. The Labute approximate surface area is 135 Å². The Morgan fingerprint density at radius 1 is 1.13 bits per heavy atom. The van der Waals surface area contributed by atoms with Crippen LogP contribution in [-0.4, -0.2) is 40.0 Å². The first-order valence-corrected chi connectivity index (χ1v) is 7.89. The van der Waals surface area contributed by atoms with Crippen molar-refractivity contribution in [3.05, 3.63) is 48.7 Å². The quantitative estimate of drug-likeness (QED) is 0.416. The van der Waals surface area contributed by atoms with E-state index in [0.29, 0.717) is 5.75 Å². The molecule has 0 aliphatic rings. The lowest BCUT2D eigenvalue weighted by molar-refractivity contribution is 0.777. The van der Waals surface area contributed by atoms with Gasteiger partial charge in [-0.3, -0.25) is 4.68 Å². The molecule has 0 aliphatic heterocycles. The van der Waals surface area contributed by atoms with Gasteiger partial charge in [-0.15, -0.1) is 5.10 Å². The molecule has 0 bridgehead atoms. The molecule has 0 radical (unpaired) electrons. The second-order valence-electron chi connectivity index (χ2n) is 4.82. The summed E-state index contributed by atoms with van der Waals surface area (Å²) in [5.41, 5.74) is 1.74. The maximum atomic E-state index is 4.34. The highest BCUT2D eigenvalue weighted by Crippen LogP contribution is 2.26. The van der Waals surface area contributed by atoms with Gasteiger partial charge in [0.05, 0.1) is 23.0 Å². The molecule has 0 spiro atoms. The van der Waals surface area contributed by atoms with Gasteiger partial charge in [-0.05, 0) is 22.6 Å². The average molecular weight is 324 g/mol. The monoisotopic (exact) mass is 324 g/mol. The van der Waals surface area contributed by atoms with E-state index in [1.54, 1.807) is 33.6 Å². The van der Waals surface area contributed by atoms with Gasteiger partial charge in [-0.2, -0.15) is 9.78 Å². The van der Waals surface area contributed by atoms with Crippen molar-refractivity contribution in [2.24, 2.45) is 7.05 Å². The summed E-state index contributed by atoms with van der Waals surface area (Å²) in [6, 6.07) is 9.81. The lowest BCUT2D eigenvalue weighted by Gasteiger charge is -2.04. The molecule has 114 valence electrons. The Hall–Kier alpha value is -2.81. The summed E-state index contributed by atoms with van der Waals surface area (Å²) < 4.78 is 3.46. The molecule has 0 unspecified atom stereocenters. The molecule has 4 aromatic rings. The molecule has 0 atom stereocenters. The Morgan fingerprint density at radius 2 is 2.00 bits per heavy atom. The summed E-state index contributed by atoms with van der Waals surface area (Å²) in [4.78, 5) is 8.58. The average Bonchev–Trinajstić information content (AvgIpc) is 3.21. The van der Waals surface area contributed by atoms with E-state index in [-0.39, 0.29) is 0 Å². The number of hydrogen-bond acceptors (Lipinski definition) is 7. The van der Waals surface area contributed by atoms with Crippen molar-refractivity contribution in [3.63, 3.8) is 0 Å². The zero-order chi connectivity index (χ0) is 15.6. The largest absolute Gasteiger partial charge is 0.250 e. The van der Waals surface area contributed by atoms with Gasteiger partial charge in [-0.25, -0.2) is 9.97 Å². The fourth-order valence-electron chi connectivity index (χ4n) is 2.25. The SMILES string of the molecule is Cn1ncc2c(SCc3nnnn3-c3ccccc3)ncnc21. The van der Waals surface area contributed by atoms with Crippen LogP contribution in [0.2, 0.25) is 0 Å². The number of hydrogen-bond donors (Lipinski definition) is 0. The van der Waals surface area contributed by atoms with Crippen LogP contribution in [-0.2, 0) is 12.8 Å². The van der Waals surface area contributed by atoms with Crippen LogP contribution >= 0.6 is 11.8 Å². The van der Waals surface area contributed by atoms with Crippen molar-refractivity contribution in [3.8, 4) is 5.69 Å². The number of aryl methyl sites for hydroxylation is 1. The predicted octanol–water partition coefficient (Wildman–Crippen LogP) is 1.63. The van der Waals surface area contributed by atoms with Crippen LogP contribution in [0.25, 0.3) is 16.7 Å². The van der Waals surface area contributed by atoms with E-state index in [2.05, 4.69) is 30.6 Å². The van der Waals surface area contributed by atoms with Crippen LogP contribution in [0.15, 0.2) is 47.9 Å². The number of aromatic nitrogens is 8. The molecule has 0 aliphatic carbocycles.